The number of nitro benzene ring substituents is 1. The van der Waals surface area contributed by atoms with Crippen molar-refractivity contribution in [2.24, 2.45) is 0 Å². The summed E-state index contributed by atoms with van der Waals surface area (Å²) in [5.74, 6) is 1.13. The Bertz CT molecular complexity index is 508. The molecule has 1 heterocycles. The second-order valence-corrected chi connectivity index (χ2v) is 5.65. The van der Waals surface area contributed by atoms with Gasteiger partial charge in [0, 0.05) is 58.8 Å². The smallest absolute Gasteiger partial charge is 0.270 e. The Labute approximate surface area is 106 Å². The number of hydrogen-bond acceptors (Lipinski definition) is 5. The fraction of sp³-hybridized carbons (Fsp3) is 0.364. The highest BCUT2D eigenvalue weighted by molar-refractivity contribution is 7.85. The third-order valence-corrected chi connectivity index (χ3v) is 4.14. The monoisotopic (exact) mass is 268 g/mol. The van der Waals surface area contributed by atoms with Crippen LogP contribution in [0.2, 0.25) is 0 Å². The lowest BCUT2D eigenvalue weighted by Crippen LogP contribution is -2.38. The Morgan fingerprint density at radius 2 is 2.00 bits per heavy atom. The molecule has 96 valence electrons. The second kappa shape index (κ2) is 5.26. The molecule has 1 aliphatic rings. The first-order valence-electron chi connectivity index (χ1n) is 5.45. The first-order valence-corrected chi connectivity index (χ1v) is 6.94. The van der Waals surface area contributed by atoms with Gasteiger partial charge in [-0.15, -0.1) is 0 Å². The van der Waals surface area contributed by atoms with Crippen LogP contribution >= 0.6 is 0 Å². The van der Waals surface area contributed by atoms with Crippen LogP contribution in [0.5, 0.6) is 0 Å². The van der Waals surface area contributed by atoms with E-state index in [1.54, 1.807) is 6.07 Å². The van der Waals surface area contributed by atoms with Crippen molar-refractivity contribution in [3.05, 3.63) is 33.9 Å². The molecule has 0 unspecified atom stereocenters. The Morgan fingerprint density at radius 1 is 1.33 bits per heavy atom. The number of carbonyl (C=O) groups excluding carboxylic acids is 1. The predicted molar refractivity (Wildman–Crippen MR) is 68.6 cm³/mol. The fourth-order valence-corrected chi connectivity index (χ4v) is 2.97. The minimum Gasteiger partial charge on any atom is -0.369 e. The van der Waals surface area contributed by atoms with Crippen LogP contribution in [0.4, 0.5) is 11.4 Å². The van der Waals surface area contributed by atoms with Crippen molar-refractivity contribution in [1.29, 1.82) is 0 Å². The molecule has 1 aliphatic heterocycles. The van der Waals surface area contributed by atoms with E-state index in [1.807, 2.05) is 4.90 Å². The van der Waals surface area contributed by atoms with Crippen molar-refractivity contribution in [1.82, 2.24) is 0 Å². The van der Waals surface area contributed by atoms with Gasteiger partial charge in [0.05, 0.1) is 4.92 Å². The fourth-order valence-electron chi connectivity index (χ4n) is 1.92. The van der Waals surface area contributed by atoms with Crippen LogP contribution in [-0.4, -0.2) is 40.0 Å². The van der Waals surface area contributed by atoms with E-state index in [2.05, 4.69) is 0 Å². The average molecular weight is 268 g/mol. The van der Waals surface area contributed by atoms with E-state index in [9.17, 15) is 19.1 Å². The minimum absolute atomic E-state index is 0.0959. The van der Waals surface area contributed by atoms with Crippen molar-refractivity contribution in [2.75, 3.05) is 29.5 Å². The van der Waals surface area contributed by atoms with Gasteiger partial charge in [-0.3, -0.25) is 19.1 Å². The number of rotatable bonds is 3. The molecule has 2 rings (SSSR count). The van der Waals surface area contributed by atoms with Gasteiger partial charge in [-0.25, -0.2) is 0 Å². The number of hydrogen-bond donors (Lipinski definition) is 0. The highest BCUT2D eigenvalue weighted by Crippen LogP contribution is 2.25. The number of carbonyl (C=O) groups is 1. The SMILES string of the molecule is O=Cc1cc([N+](=O)[O-])ccc1N1CCS(=O)CC1. The standard InChI is InChI=1S/C11H12N2O4S/c14-8-9-7-10(13(15)16)1-2-11(9)12-3-5-18(17)6-4-12/h1-2,7-8H,3-6H2. The molecule has 0 radical (unpaired) electrons. The van der Waals surface area contributed by atoms with E-state index < -0.39 is 15.7 Å². The zero-order valence-corrected chi connectivity index (χ0v) is 10.4. The van der Waals surface area contributed by atoms with Gasteiger partial charge in [-0.2, -0.15) is 0 Å². The van der Waals surface area contributed by atoms with E-state index in [-0.39, 0.29) is 5.69 Å². The van der Waals surface area contributed by atoms with E-state index in [0.717, 1.165) is 0 Å². The molecule has 7 heteroatoms. The highest BCUT2D eigenvalue weighted by Gasteiger charge is 2.19. The molecule has 0 amide bonds. The summed E-state index contributed by atoms with van der Waals surface area (Å²) in [5, 5.41) is 10.6. The summed E-state index contributed by atoms with van der Waals surface area (Å²) in [4.78, 5) is 23.0. The topological polar surface area (TPSA) is 80.5 Å². The quantitative estimate of drug-likeness (QED) is 0.463. The summed E-state index contributed by atoms with van der Waals surface area (Å²) in [6, 6.07) is 4.23. The molecule has 1 saturated heterocycles. The molecule has 0 saturated carbocycles. The maximum atomic E-state index is 11.3. The number of anilines is 1. The van der Waals surface area contributed by atoms with Crippen LogP contribution in [0.25, 0.3) is 0 Å². The van der Waals surface area contributed by atoms with Crippen LogP contribution in [0.1, 0.15) is 10.4 Å². The molecule has 0 atom stereocenters. The molecule has 18 heavy (non-hydrogen) atoms. The van der Waals surface area contributed by atoms with E-state index in [4.69, 9.17) is 0 Å². The lowest BCUT2D eigenvalue weighted by atomic mass is 10.1. The van der Waals surface area contributed by atoms with Gasteiger partial charge in [-0.1, -0.05) is 0 Å². The van der Waals surface area contributed by atoms with E-state index in [0.29, 0.717) is 42.1 Å². The molecule has 1 aromatic rings. The van der Waals surface area contributed by atoms with Gasteiger partial charge >= 0.3 is 0 Å². The maximum absolute atomic E-state index is 11.3. The average Bonchev–Trinajstić information content (AvgIpc) is 2.39. The zero-order valence-electron chi connectivity index (χ0n) is 9.57. The van der Waals surface area contributed by atoms with Crippen LogP contribution in [0.3, 0.4) is 0 Å². The summed E-state index contributed by atoms with van der Waals surface area (Å²) in [7, 11) is -0.793. The van der Waals surface area contributed by atoms with Crippen molar-refractivity contribution in [3.8, 4) is 0 Å². The van der Waals surface area contributed by atoms with Gasteiger partial charge in [0.1, 0.15) is 0 Å². The van der Waals surface area contributed by atoms with Crippen LogP contribution < -0.4 is 4.90 Å². The zero-order chi connectivity index (χ0) is 13.1. The number of nitrogens with zero attached hydrogens (tertiary/aromatic N) is 2. The van der Waals surface area contributed by atoms with Gasteiger partial charge in [0.25, 0.3) is 5.69 Å². The molecule has 0 bridgehead atoms. The summed E-state index contributed by atoms with van der Waals surface area (Å²) in [6.07, 6.45) is 0.619. The normalized spacial score (nSPS) is 16.6. The van der Waals surface area contributed by atoms with Crippen molar-refractivity contribution in [2.45, 2.75) is 0 Å². The number of nitro groups is 1. The van der Waals surface area contributed by atoms with Gasteiger partial charge in [0.15, 0.2) is 6.29 Å². The summed E-state index contributed by atoms with van der Waals surface area (Å²) < 4.78 is 11.3. The Kier molecular flexibility index (Phi) is 3.71. The van der Waals surface area contributed by atoms with Crippen molar-refractivity contribution >= 4 is 28.5 Å². The van der Waals surface area contributed by atoms with Crippen LogP contribution in [0, 0.1) is 10.1 Å². The first-order chi connectivity index (χ1) is 8.61. The van der Waals surface area contributed by atoms with Crippen molar-refractivity contribution in [3.63, 3.8) is 0 Å². The molecule has 1 aromatic carbocycles. The van der Waals surface area contributed by atoms with Crippen LogP contribution in [0.15, 0.2) is 18.2 Å². The molecule has 0 aromatic heterocycles. The Balaban J connectivity index is 2.30. The lowest BCUT2D eigenvalue weighted by Gasteiger charge is -2.29. The molecule has 0 spiro atoms. The van der Waals surface area contributed by atoms with Gasteiger partial charge in [0.2, 0.25) is 0 Å². The molecule has 1 fully saturated rings. The third-order valence-electron chi connectivity index (χ3n) is 2.87. The summed E-state index contributed by atoms with van der Waals surface area (Å²) in [6.45, 7) is 1.20. The van der Waals surface area contributed by atoms with Gasteiger partial charge < -0.3 is 4.90 Å². The number of non-ortho nitro benzene ring substituents is 1. The third kappa shape index (κ3) is 2.56. The minimum atomic E-state index is -0.793. The number of aldehydes is 1. The second-order valence-electron chi connectivity index (χ2n) is 3.95. The van der Waals surface area contributed by atoms with E-state index >= 15 is 0 Å². The Hall–Kier alpha value is -1.76. The largest absolute Gasteiger partial charge is 0.369 e. The molecular formula is C11H12N2O4S. The summed E-state index contributed by atoms with van der Waals surface area (Å²) in [5.41, 5.74) is 0.880. The highest BCUT2D eigenvalue weighted by atomic mass is 32.2. The molecular weight excluding hydrogens is 256 g/mol. The molecule has 0 N–H and O–H groups in total. The number of benzene rings is 1. The van der Waals surface area contributed by atoms with E-state index in [1.165, 1.54) is 12.1 Å². The van der Waals surface area contributed by atoms with Gasteiger partial charge in [-0.05, 0) is 6.07 Å². The van der Waals surface area contributed by atoms with Crippen molar-refractivity contribution < 1.29 is 13.9 Å². The maximum Gasteiger partial charge on any atom is 0.270 e. The first kappa shape index (κ1) is 12.7. The van der Waals surface area contributed by atoms with Crippen LogP contribution in [-0.2, 0) is 10.8 Å². The molecule has 6 nitrogen and oxygen atoms in total. The predicted octanol–water partition coefficient (Wildman–Crippen LogP) is 0.976. The molecule has 0 aliphatic carbocycles. The Morgan fingerprint density at radius 3 is 2.56 bits per heavy atom. The summed E-state index contributed by atoms with van der Waals surface area (Å²) >= 11 is 0. The lowest BCUT2D eigenvalue weighted by molar-refractivity contribution is -0.384.